The molecule has 1 spiro atoms. The van der Waals surface area contributed by atoms with Crippen molar-refractivity contribution in [3.63, 3.8) is 0 Å². The number of rotatable bonds is 1. The van der Waals surface area contributed by atoms with E-state index in [4.69, 9.17) is 18.9 Å². The van der Waals surface area contributed by atoms with Crippen LogP contribution < -0.4 is 9.47 Å². The molecule has 26 heavy (non-hydrogen) atoms. The average molecular weight is 376 g/mol. The highest BCUT2D eigenvalue weighted by molar-refractivity contribution is 7.90. The fourth-order valence-electron chi connectivity index (χ4n) is 4.81. The smallest absolute Gasteiger partial charge is 0.294 e. The third-order valence-corrected chi connectivity index (χ3v) is 8.27. The Morgan fingerprint density at radius 2 is 1.96 bits per heavy atom. The first-order valence-corrected chi connectivity index (χ1v) is 10.4. The highest BCUT2D eigenvalue weighted by atomic mass is 32.2. The average Bonchev–Trinajstić information content (AvgIpc) is 3.19. The van der Waals surface area contributed by atoms with Crippen molar-refractivity contribution in [1.29, 1.82) is 0 Å². The number of allylic oxidation sites excluding steroid dienone is 1. The summed E-state index contributed by atoms with van der Waals surface area (Å²) in [6.07, 6.45) is 3.76. The summed E-state index contributed by atoms with van der Waals surface area (Å²) in [7, 11) is 0.454. The molecule has 1 saturated carbocycles. The molecule has 5 rings (SSSR count). The summed E-state index contributed by atoms with van der Waals surface area (Å²) in [4.78, 5) is 0.224. The normalized spacial score (nSPS) is 32.8. The lowest BCUT2D eigenvalue weighted by atomic mass is 9.74. The van der Waals surface area contributed by atoms with Gasteiger partial charge in [0.1, 0.15) is 32.8 Å². The summed E-state index contributed by atoms with van der Waals surface area (Å²) < 4.78 is 37.6. The molecule has 1 aromatic rings. The molecule has 0 amide bonds. The Bertz CT molecular complexity index is 821. The van der Waals surface area contributed by atoms with Crippen molar-refractivity contribution in [2.45, 2.75) is 56.0 Å². The lowest BCUT2D eigenvalue weighted by Gasteiger charge is -2.45. The van der Waals surface area contributed by atoms with Gasteiger partial charge in [0.2, 0.25) is 0 Å². The molecule has 0 bridgehead atoms. The van der Waals surface area contributed by atoms with E-state index in [2.05, 4.69) is 13.8 Å². The Morgan fingerprint density at radius 3 is 2.69 bits per heavy atom. The van der Waals surface area contributed by atoms with Crippen molar-refractivity contribution in [1.82, 2.24) is 0 Å². The second-order valence-corrected chi connectivity index (χ2v) is 9.87. The van der Waals surface area contributed by atoms with Gasteiger partial charge in [0.25, 0.3) is 5.95 Å². The van der Waals surface area contributed by atoms with Gasteiger partial charge in [-0.3, -0.25) is 4.21 Å². The fourth-order valence-corrected chi connectivity index (χ4v) is 6.78. The molecule has 3 aliphatic heterocycles. The molecule has 5 nitrogen and oxygen atoms in total. The van der Waals surface area contributed by atoms with Gasteiger partial charge in [-0.2, -0.15) is 0 Å². The van der Waals surface area contributed by atoms with Crippen molar-refractivity contribution in [3.05, 3.63) is 34.6 Å². The number of fused-ring (bicyclic) bond motifs is 4. The van der Waals surface area contributed by atoms with Gasteiger partial charge >= 0.3 is 0 Å². The minimum Gasteiger partial charge on any atom is -0.497 e. The van der Waals surface area contributed by atoms with Crippen LogP contribution in [0.4, 0.5) is 0 Å². The lowest BCUT2D eigenvalue weighted by molar-refractivity contribution is -0.128. The van der Waals surface area contributed by atoms with Crippen molar-refractivity contribution in [2.75, 3.05) is 13.7 Å². The lowest BCUT2D eigenvalue weighted by Crippen LogP contribution is -2.47. The second-order valence-electron chi connectivity index (χ2n) is 8.14. The summed E-state index contributed by atoms with van der Waals surface area (Å²) in [6, 6.07) is 5.85. The molecule has 3 heterocycles. The highest BCUT2D eigenvalue weighted by Crippen LogP contribution is 2.59. The zero-order valence-corrected chi connectivity index (χ0v) is 16.2. The maximum absolute atomic E-state index is 13.6. The van der Waals surface area contributed by atoms with Gasteiger partial charge in [0, 0.05) is 17.4 Å². The molecular weight excluding hydrogens is 352 g/mol. The first kappa shape index (κ1) is 16.5. The second kappa shape index (κ2) is 5.41. The van der Waals surface area contributed by atoms with E-state index in [1.165, 1.54) is 0 Å². The van der Waals surface area contributed by atoms with Crippen LogP contribution in [0.3, 0.4) is 0 Å². The number of ether oxygens (including phenoxy) is 4. The molecule has 1 unspecified atom stereocenters. The van der Waals surface area contributed by atoms with Crippen molar-refractivity contribution >= 4 is 10.8 Å². The van der Waals surface area contributed by atoms with E-state index < -0.39 is 21.3 Å². The van der Waals surface area contributed by atoms with Crippen LogP contribution in [0.1, 0.15) is 51.0 Å². The summed E-state index contributed by atoms with van der Waals surface area (Å²) >= 11 is 0. The number of hydrogen-bond acceptors (Lipinski definition) is 5. The Labute approximate surface area is 156 Å². The molecule has 0 N–H and O–H groups in total. The highest BCUT2D eigenvalue weighted by Gasteiger charge is 2.60. The molecule has 4 aliphatic rings. The molecule has 6 heteroatoms. The zero-order valence-electron chi connectivity index (χ0n) is 15.4. The SMILES string of the molecule is COc1ccc2c(c1)[C@H]1C3=C(OC(C)(C)[C@H]1CO2)OC1(CCCC1)S3=O. The van der Waals surface area contributed by atoms with Gasteiger partial charge < -0.3 is 18.9 Å². The van der Waals surface area contributed by atoms with Crippen LogP contribution in [0.2, 0.25) is 0 Å². The summed E-state index contributed by atoms with van der Waals surface area (Å²) in [5, 5.41) is 0. The maximum atomic E-state index is 13.6. The standard InChI is InChI=1S/C20H24O5S/c1-19(2)14-11-23-15-7-6-12(22-3)10-13(15)16(14)17-18(24-19)25-20(26(17)21)8-4-5-9-20/h6-7,10,14,16H,4-5,8-9,11H2,1-3H3/t14-,16+,26?/m0/s1. The molecular formula is C20H24O5S. The molecule has 0 radical (unpaired) electrons. The van der Waals surface area contributed by atoms with Crippen LogP contribution in [-0.2, 0) is 20.3 Å². The van der Waals surface area contributed by atoms with E-state index in [-0.39, 0.29) is 11.8 Å². The summed E-state index contributed by atoms with van der Waals surface area (Å²) in [5.74, 6) is 2.14. The predicted octanol–water partition coefficient (Wildman–Crippen LogP) is 3.81. The first-order valence-electron chi connectivity index (χ1n) is 9.30. The van der Waals surface area contributed by atoms with E-state index in [0.717, 1.165) is 47.7 Å². The topological polar surface area (TPSA) is 54.0 Å². The predicted molar refractivity (Wildman–Crippen MR) is 97.3 cm³/mol. The molecule has 0 aromatic heterocycles. The van der Waals surface area contributed by atoms with Gasteiger partial charge in [0.15, 0.2) is 4.93 Å². The van der Waals surface area contributed by atoms with E-state index >= 15 is 0 Å². The van der Waals surface area contributed by atoms with Crippen molar-refractivity contribution < 1.29 is 23.2 Å². The van der Waals surface area contributed by atoms with Crippen molar-refractivity contribution in [3.8, 4) is 11.5 Å². The van der Waals surface area contributed by atoms with E-state index in [1.807, 2.05) is 18.2 Å². The third-order valence-electron chi connectivity index (χ3n) is 6.29. The van der Waals surface area contributed by atoms with E-state index in [9.17, 15) is 4.21 Å². The van der Waals surface area contributed by atoms with Gasteiger partial charge in [-0.1, -0.05) is 0 Å². The number of hydrogen-bond donors (Lipinski definition) is 0. The van der Waals surface area contributed by atoms with E-state index in [1.54, 1.807) is 7.11 Å². The Morgan fingerprint density at radius 1 is 1.19 bits per heavy atom. The largest absolute Gasteiger partial charge is 0.497 e. The quantitative estimate of drug-likeness (QED) is 0.746. The fraction of sp³-hybridized carbons (Fsp3) is 0.600. The minimum atomic E-state index is -1.20. The first-order chi connectivity index (χ1) is 12.5. The number of methoxy groups -OCH3 is 1. The Balaban J connectivity index is 1.67. The van der Waals surface area contributed by atoms with Gasteiger partial charge in [-0.15, -0.1) is 0 Å². The summed E-state index contributed by atoms with van der Waals surface area (Å²) in [6.45, 7) is 4.67. The Hall–Kier alpha value is -1.69. The molecule has 1 aromatic carbocycles. The number of benzene rings is 1. The van der Waals surface area contributed by atoms with Gasteiger partial charge in [0.05, 0.1) is 13.7 Å². The molecule has 0 saturated heterocycles. The van der Waals surface area contributed by atoms with Crippen LogP contribution >= 0.6 is 0 Å². The summed E-state index contributed by atoms with van der Waals surface area (Å²) in [5.41, 5.74) is 0.565. The van der Waals surface area contributed by atoms with Crippen LogP contribution in [0.5, 0.6) is 11.5 Å². The van der Waals surface area contributed by atoms with Crippen LogP contribution in [0.25, 0.3) is 0 Å². The van der Waals surface area contributed by atoms with Gasteiger partial charge in [-0.05, 0) is 57.7 Å². The zero-order chi connectivity index (χ0) is 18.1. The van der Waals surface area contributed by atoms with Gasteiger partial charge in [-0.25, -0.2) is 0 Å². The minimum absolute atomic E-state index is 0.0339. The molecule has 1 aliphatic carbocycles. The van der Waals surface area contributed by atoms with Crippen LogP contribution in [-0.4, -0.2) is 28.5 Å². The molecule has 140 valence electrons. The van der Waals surface area contributed by atoms with Crippen LogP contribution in [0, 0.1) is 5.92 Å². The third kappa shape index (κ3) is 2.11. The Kier molecular flexibility index (Phi) is 3.43. The van der Waals surface area contributed by atoms with Crippen molar-refractivity contribution in [2.24, 2.45) is 5.92 Å². The molecule has 1 fully saturated rings. The monoisotopic (exact) mass is 376 g/mol. The molecule has 3 atom stereocenters. The van der Waals surface area contributed by atoms with Crippen LogP contribution in [0.15, 0.2) is 29.0 Å². The van der Waals surface area contributed by atoms with E-state index in [0.29, 0.717) is 12.6 Å². The maximum Gasteiger partial charge on any atom is 0.294 e.